The summed E-state index contributed by atoms with van der Waals surface area (Å²) in [6, 6.07) is 0. The van der Waals surface area contributed by atoms with Gasteiger partial charge in [-0.25, -0.2) is 0 Å². The van der Waals surface area contributed by atoms with Crippen LogP contribution in [-0.4, -0.2) is 19.1 Å². The van der Waals surface area contributed by atoms with Gasteiger partial charge in [-0.2, -0.15) is 0 Å². The number of hydrogen-bond acceptors (Lipinski definition) is 3. The summed E-state index contributed by atoms with van der Waals surface area (Å²) in [5.74, 6) is 1.63. The molecule has 3 atom stereocenters. The van der Waals surface area contributed by atoms with Crippen LogP contribution in [0.25, 0.3) is 0 Å². The summed E-state index contributed by atoms with van der Waals surface area (Å²) >= 11 is 0. The average molecular weight is 211 g/mol. The zero-order valence-corrected chi connectivity index (χ0v) is 9.50. The van der Waals surface area contributed by atoms with Crippen molar-refractivity contribution in [1.29, 1.82) is 0 Å². The molecule has 0 amide bonds. The summed E-state index contributed by atoms with van der Waals surface area (Å²) < 4.78 is 5.03. The highest BCUT2D eigenvalue weighted by Crippen LogP contribution is 2.56. The lowest BCUT2D eigenvalue weighted by Crippen LogP contribution is -2.31. The van der Waals surface area contributed by atoms with Gasteiger partial charge in [0.05, 0.1) is 13.0 Å². The Labute approximate surface area is 91.4 Å². The quantitative estimate of drug-likeness (QED) is 0.720. The third kappa shape index (κ3) is 2.03. The van der Waals surface area contributed by atoms with Crippen LogP contribution in [0.2, 0.25) is 0 Å². The van der Waals surface area contributed by atoms with E-state index in [2.05, 4.69) is 0 Å². The molecule has 0 aromatic rings. The van der Waals surface area contributed by atoms with Crippen molar-refractivity contribution < 1.29 is 9.53 Å². The molecule has 86 valence electrons. The van der Waals surface area contributed by atoms with E-state index >= 15 is 0 Å². The molecule has 2 N–H and O–H groups in total. The Bertz CT molecular complexity index is 240. The van der Waals surface area contributed by atoms with Gasteiger partial charge in [-0.3, -0.25) is 4.79 Å². The molecular formula is C12H21NO2. The standard InChI is InChI=1S/C12H21NO2/c1-2-15-11(14)7-12(8-13)5-9-3-4-10(9)6-12/h9-10H,2-8,13H2,1H3/t9-,10+,12?. The maximum atomic E-state index is 11.5. The summed E-state index contributed by atoms with van der Waals surface area (Å²) in [6.07, 6.45) is 5.51. The van der Waals surface area contributed by atoms with Crippen LogP contribution in [0.15, 0.2) is 0 Å². The minimum Gasteiger partial charge on any atom is -0.466 e. The van der Waals surface area contributed by atoms with E-state index in [1.165, 1.54) is 12.8 Å². The van der Waals surface area contributed by atoms with Gasteiger partial charge in [-0.05, 0) is 56.4 Å². The summed E-state index contributed by atoms with van der Waals surface area (Å²) in [6.45, 7) is 2.97. The molecule has 0 saturated heterocycles. The van der Waals surface area contributed by atoms with E-state index < -0.39 is 0 Å². The average Bonchev–Trinajstić information content (AvgIpc) is 2.43. The Morgan fingerprint density at radius 1 is 1.40 bits per heavy atom. The van der Waals surface area contributed by atoms with Gasteiger partial charge >= 0.3 is 5.97 Å². The number of esters is 1. The van der Waals surface area contributed by atoms with Crippen LogP contribution in [0, 0.1) is 17.3 Å². The fraction of sp³-hybridized carbons (Fsp3) is 0.917. The normalized spacial score (nSPS) is 38.3. The van der Waals surface area contributed by atoms with Gasteiger partial charge in [0.15, 0.2) is 0 Å². The van der Waals surface area contributed by atoms with E-state index in [1.807, 2.05) is 6.92 Å². The summed E-state index contributed by atoms with van der Waals surface area (Å²) in [5.41, 5.74) is 5.93. The Balaban J connectivity index is 1.94. The molecule has 2 saturated carbocycles. The number of hydrogen-bond donors (Lipinski definition) is 1. The van der Waals surface area contributed by atoms with Gasteiger partial charge in [0.25, 0.3) is 0 Å². The van der Waals surface area contributed by atoms with Crippen LogP contribution in [0.5, 0.6) is 0 Å². The Morgan fingerprint density at radius 3 is 2.40 bits per heavy atom. The molecule has 0 aromatic carbocycles. The third-order valence-corrected chi connectivity index (χ3v) is 4.22. The van der Waals surface area contributed by atoms with E-state index in [9.17, 15) is 4.79 Å². The fourth-order valence-electron chi connectivity index (χ4n) is 3.27. The molecule has 0 aromatic heterocycles. The molecule has 0 spiro atoms. The summed E-state index contributed by atoms with van der Waals surface area (Å²) in [7, 11) is 0. The number of carbonyl (C=O) groups is 1. The fourth-order valence-corrected chi connectivity index (χ4v) is 3.27. The van der Waals surface area contributed by atoms with E-state index in [-0.39, 0.29) is 11.4 Å². The minimum absolute atomic E-state index is 0.0655. The van der Waals surface area contributed by atoms with Crippen LogP contribution in [-0.2, 0) is 9.53 Å². The lowest BCUT2D eigenvalue weighted by atomic mass is 9.77. The second kappa shape index (κ2) is 4.12. The first-order chi connectivity index (χ1) is 7.19. The van der Waals surface area contributed by atoms with Gasteiger partial charge in [0, 0.05) is 0 Å². The predicted octanol–water partition coefficient (Wildman–Crippen LogP) is 1.70. The first kappa shape index (κ1) is 10.9. The van der Waals surface area contributed by atoms with Crippen molar-refractivity contribution in [3.05, 3.63) is 0 Å². The SMILES string of the molecule is CCOC(=O)CC1(CN)C[C@H]2CC[C@H]2C1. The Hall–Kier alpha value is -0.570. The van der Waals surface area contributed by atoms with Crippen LogP contribution >= 0.6 is 0 Å². The highest BCUT2D eigenvalue weighted by molar-refractivity contribution is 5.70. The molecule has 0 heterocycles. The second-order valence-corrected chi connectivity index (χ2v) is 5.19. The lowest BCUT2D eigenvalue weighted by Gasteiger charge is -2.29. The molecule has 0 aliphatic heterocycles. The zero-order chi connectivity index (χ0) is 10.9. The van der Waals surface area contributed by atoms with E-state index in [0.29, 0.717) is 19.6 Å². The molecule has 15 heavy (non-hydrogen) atoms. The van der Waals surface area contributed by atoms with Crippen molar-refractivity contribution in [1.82, 2.24) is 0 Å². The molecule has 0 radical (unpaired) electrons. The largest absolute Gasteiger partial charge is 0.466 e. The molecule has 2 aliphatic carbocycles. The van der Waals surface area contributed by atoms with Crippen molar-refractivity contribution in [3.63, 3.8) is 0 Å². The lowest BCUT2D eigenvalue weighted by molar-refractivity contribution is -0.145. The second-order valence-electron chi connectivity index (χ2n) is 5.19. The first-order valence-corrected chi connectivity index (χ1v) is 6.05. The van der Waals surface area contributed by atoms with Gasteiger partial charge < -0.3 is 10.5 Å². The van der Waals surface area contributed by atoms with Crippen LogP contribution in [0.3, 0.4) is 0 Å². The molecule has 2 aliphatic rings. The molecule has 2 rings (SSSR count). The van der Waals surface area contributed by atoms with Crippen LogP contribution < -0.4 is 5.73 Å². The van der Waals surface area contributed by atoms with Gasteiger partial charge in [-0.15, -0.1) is 0 Å². The minimum atomic E-state index is -0.0655. The first-order valence-electron chi connectivity index (χ1n) is 6.05. The van der Waals surface area contributed by atoms with Gasteiger partial charge in [-0.1, -0.05) is 0 Å². The number of carbonyl (C=O) groups excluding carboxylic acids is 1. The van der Waals surface area contributed by atoms with E-state index in [1.54, 1.807) is 0 Å². The van der Waals surface area contributed by atoms with E-state index in [0.717, 1.165) is 24.7 Å². The number of rotatable bonds is 4. The Kier molecular flexibility index (Phi) is 3.01. The van der Waals surface area contributed by atoms with Crippen molar-refractivity contribution in [2.24, 2.45) is 23.0 Å². The highest BCUT2D eigenvalue weighted by Gasteiger charge is 2.49. The zero-order valence-electron chi connectivity index (χ0n) is 9.50. The number of fused-ring (bicyclic) bond motifs is 1. The third-order valence-electron chi connectivity index (χ3n) is 4.22. The van der Waals surface area contributed by atoms with Crippen molar-refractivity contribution >= 4 is 5.97 Å². The number of ether oxygens (including phenoxy) is 1. The van der Waals surface area contributed by atoms with Crippen LogP contribution in [0.1, 0.15) is 39.0 Å². The van der Waals surface area contributed by atoms with Crippen molar-refractivity contribution in [2.45, 2.75) is 39.0 Å². The predicted molar refractivity (Wildman–Crippen MR) is 58.2 cm³/mol. The summed E-state index contributed by atoms with van der Waals surface area (Å²) in [5, 5.41) is 0. The molecule has 0 bridgehead atoms. The summed E-state index contributed by atoms with van der Waals surface area (Å²) in [4.78, 5) is 11.5. The molecular weight excluding hydrogens is 190 g/mol. The molecule has 1 unspecified atom stereocenters. The topological polar surface area (TPSA) is 52.3 Å². The molecule has 3 nitrogen and oxygen atoms in total. The van der Waals surface area contributed by atoms with Crippen molar-refractivity contribution in [3.8, 4) is 0 Å². The van der Waals surface area contributed by atoms with Gasteiger partial charge in [0.1, 0.15) is 0 Å². The van der Waals surface area contributed by atoms with Gasteiger partial charge in [0.2, 0.25) is 0 Å². The molecule has 2 fully saturated rings. The van der Waals surface area contributed by atoms with Crippen molar-refractivity contribution in [2.75, 3.05) is 13.2 Å². The van der Waals surface area contributed by atoms with Crippen LogP contribution in [0.4, 0.5) is 0 Å². The smallest absolute Gasteiger partial charge is 0.306 e. The van der Waals surface area contributed by atoms with E-state index in [4.69, 9.17) is 10.5 Å². The molecule has 3 heteroatoms. The number of nitrogens with two attached hydrogens (primary N) is 1. The Morgan fingerprint density at radius 2 is 2.00 bits per heavy atom. The maximum absolute atomic E-state index is 11.5. The maximum Gasteiger partial charge on any atom is 0.306 e. The monoisotopic (exact) mass is 211 g/mol. The highest BCUT2D eigenvalue weighted by atomic mass is 16.5.